The Balaban J connectivity index is 1.04. The molecule has 0 aromatic heterocycles. The van der Waals surface area contributed by atoms with Gasteiger partial charge in [-0.3, -0.25) is 0 Å². The topological polar surface area (TPSA) is 9.72 Å². The normalized spacial score (nSPS) is 13.8. The van der Waals surface area contributed by atoms with Crippen molar-refractivity contribution in [2.24, 2.45) is 0 Å². The number of hydrogen-bond donors (Lipinski definition) is 0. The maximum Gasteiger partial charge on any atom is 0.329 e. The van der Waals surface area contributed by atoms with Gasteiger partial charge >= 0.3 is 6.85 Å². The van der Waals surface area contributed by atoms with Gasteiger partial charge in [0.25, 0.3) is 0 Å². The molecule has 0 saturated heterocycles. The van der Waals surface area contributed by atoms with Crippen molar-refractivity contribution in [1.82, 2.24) is 0 Å². The van der Waals surface area contributed by atoms with E-state index >= 15 is 0 Å². The molecule has 12 rings (SSSR count). The van der Waals surface area contributed by atoms with Gasteiger partial charge < -0.3 is 14.6 Å². The van der Waals surface area contributed by atoms with E-state index in [1.165, 1.54) is 60.9 Å². The molecule has 3 nitrogen and oxygen atoms in total. The molecule has 0 amide bonds. The highest BCUT2D eigenvalue weighted by molar-refractivity contribution is 7.01. The molecular weight excluding hydrogens is 640 g/mol. The van der Waals surface area contributed by atoms with Crippen molar-refractivity contribution < 1.29 is 0 Å². The van der Waals surface area contributed by atoms with Crippen LogP contribution in [0.25, 0.3) is 22.3 Å². The fraction of sp³-hybridized carbons (Fsp3) is 0. The summed E-state index contributed by atoms with van der Waals surface area (Å²) in [6, 6.07) is 69.6. The third kappa shape index (κ3) is 3.91. The molecular formula is C48H31B2N3. The van der Waals surface area contributed by atoms with Crippen LogP contribution in [-0.2, 0) is 0 Å². The van der Waals surface area contributed by atoms with Gasteiger partial charge in [-0.2, -0.15) is 0 Å². The molecule has 4 heterocycles. The van der Waals surface area contributed by atoms with Gasteiger partial charge in [-0.15, -0.1) is 0 Å². The number of anilines is 8. The first-order chi connectivity index (χ1) is 26.3. The highest BCUT2D eigenvalue weighted by Gasteiger charge is 2.48. The summed E-state index contributed by atoms with van der Waals surface area (Å²) in [6.45, 7) is 0.221. The zero-order valence-corrected chi connectivity index (χ0v) is 28.9. The Bertz CT molecular complexity index is 2630. The molecule has 0 aliphatic carbocycles. The van der Waals surface area contributed by atoms with Crippen molar-refractivity contribution in [3.8, 4) is 22.3 Å². The molecule has 244 valence electrons. The first kappa shape index (κ1) is 28.9. The molecule has 5 heteroatoms. The summed E-state index contributed by atoms with van der Waals surface area (Å²) < 4.78 is 0. The molecule has 0 fully saturated rings. The van der Waals surface area contributed by atoms with E-state index in [4.69, 9.17) is 0 Å². The molecule has 0 N–H and O–H groups in total. The van der Waals surface area contributed by atoms with Crippen molar-refractivity contribution in [1.29, 1.82) is 0 Å². The lowest BCUT2D eigenvalue weighted by atomic mass is 9.32. The SMILES string of the molecule is c1ccc(N2c3ccccc3N(c3ccc(B4c5cccc6c5N5B(c7ccccc7-6)c6ccccc6-c6cccc4c65)cc3)c3ccccc32)cc1. The van der Waals surface area contributed by atoms with E-state index in [1.807, 2.05) is 0 Å². The number of benzene rings is 8. The minimum atomic E-state index is 0.0934. The minimum absolute atomic E-state index is 0.0934. The van der Waals surface area contributed by atoms with E-state index in [0.717, 1.165) is 34.1 Å². The Hall–Kier alpha value is -6.71. The molecule has 8 aromatic rings. The standard InChI is InChI=1S/C48H31B2N3/c1-2-14-33(15-3-1)51-43-24-8-10-26-45(43)52(46-27-11-9-25-44(46)51)34-30-28-32(29-31-34)49-41-22-12-18-37-35-16-4-6-20-39(35)50-40-21-7-5-17-36(40)38-19-13-23-42(49)48(38)53(50)47(37)41/h1-31H. The molecule has 4 aliphatic heterocycles. The highest BCUT2D eigenvalue weighted by atomic mass is 15.3. The molecule has 0 atom stereocenters. The van der Waals surface area contributed by atoms with Crippen molar-refractivity contribution >= 4 is 86.4 Å². The third-order valence-corrected chi connectivity index (χ3v) is 11.8. The number of fused-ring (bicyclic) bond motifs is 8. The third-order valence-electron chi connectivity index (χ3n) is 11.8. The largest absolute Gasteiger partial charge is 0.377 e. The van der Waals surface area contributed by atoms with Gasteiger partial charge in [0.15, 0.2) is 0 Å². The zero-order chi connectivity index (χ0) is 34.6. The lowest BCUT2D eigenvalue weighted by Crippen LogP contribution is -2.67. The monoisotopic (exact) mass is 671 g/mol. The van der Waals surface area contributed by atoms with Crippen LogP contribution in [0.2, 0.25) is 0 Å². The minimum Gasteiger partial charge on any atom is -0.377 e. The fourth-order valence-electron chi connectivity index (χ4n) is 9.76. The van der Waals surface area contributed by atoms with Crippen LogP contribution in [0, 0.1) is 0 Å². The first-order valence-electron chi connectivity index (χ1n) is 18.5. The molecule has 8 aromatic carbocycles. The Morgan fingerprint density at radius 1 is 0.302 bits per heavy atom. The average Bonchev–Trinajstić information content (AvgIpc) is 3.23. The van der Waals surface area contributed by atoms with Crippen molar-refractivity contribution in [3.05, 3.63) is 188 Å². The summed E-state index contributed by atoms with van der Waals surface area (Å²) in [4.78, 5) is 7.47. The quantitative estimate of drug-likeness (QED) is 0.174. The predicted octanol–water partition coefficient (Wildman–Crippen LogP) is 8.67. The van der Waals surface area contributed by atoms with E-state index in [1.54, 1.807) is 0 Å². The number of hydrogen-bond acceptors (Lipinski definition) is 3. The van der Waals surface area contributed by atoms with E-state index < -0.39 is 0 Å². The molecule has 0 bridgehead atoms. The smallest absolute Gasteiger partial charge is 0.329 e. The Kier molecular flexibility index (Phi) is 5.95. The Labute approximate surface area is 310 Å². The summed E-state index contributed by atoms with van der Waals surface area (Å²) >= 11 is 0. The lowest BCUT2D eigenvalue weighted by Gasteiger charge is -2.49. The van der Waals surface area contributed by atoms with Crippen LogP contribution in [0.4, 0.5) is 45.5 Å². The molecule has 0 saturated carbocycles. The van der Waals surface area contributed by atoms with Crippen molar-refractivity contribution in [2.75, 3.05) is 14.6 Å². The first-order valence-corrected chi connectivity index (χ1v) is 18.5. The van der Waals surface area contributed by atoms with E-state index in [9.17, 15) is 0 Å². The second-order valence-corrected chi connectivity index (χ2v) is 14.4. The number of para-hydroxylation sites is 7. The molecule has 0 radical (unpaired) electrons. The molecule has 0 unspecified atom stereocenters. The average molecular weight is 671 g/mol. The second kappa shape index (κ2) is 10.9. The predicted molar refractivity (Wildman–Crippen MR) is 225 cm³/mol. The van der Waals surface area contributed by atoms with Crippen molar-refractivity contribution in [2.45, 2.75) is 0 Å². The Morgan fingerprint density at radius 2 is 0.698 bits per heavy atom. The molecule has 4 aliphatic rings. The van der Waals surface area contributed by atoms with Gasteiger partial charge in [-0.25, -0.2) is 0 Å². The van der Waals surface area contributed by atoms with E-state index in [2.05, 4.69) is 203 Å². The summed E-state index contributed by atoms with van der Waals surface area (Å²) in [6.07, 6.45) is 0. The van der Waals surface area contributed by atoms with Gasteiger partial charge in [-0.1, -0.05) is 145 Å². The van der Waals surface area contributed by atoms with Crippen LogP contribution >= 0.6 is 0 Å². The summed E-state index contributed by atoms with van der Waals surface area (Å²) in [7, 11) is 0. The van der Waals surface area contributed by atoms with Gasteiger partial charge in [0.1, 0.15) is 0 Å². The van der Waals surface area contributed by atoms with Crippen LogP contribution in [-0.4, -0.2) is 13.6 Å². The maximum absolute atomic E-state index is 2.67. The zero-order valence-electron chi connectivity index (χ0n) is 28.9. The lowest BCUT2D eigenvalue weighted by molar-refractivity contribution is 1.17. The number of nitrogens with zero attached hydrogens (tertiary/aromatic N) is 3. The summed E-state index contributed by atoms with van der Waals surface area (Å²) in [5.74, 6) is 0. The maximum atomic E-state index is 2.67. The van der Waals surface area contributed by atoms with E-state index in [0.29, 0.717) is 0 Å². The van der Waals surface area contributed by atoms with Crippen molar-refractivity contribution in [3.63, 3.8) is 0 Å². The van der Waals surface area contributed by atoms with Gasteiger partial charge in [0.05, 0.1) is 22.7 Å². The van der Waals surface area contributed by atoms with Crippen LogP contribution in [0.5, 0.6) is 0 Å². The molecule has 53 heavy (non-hydrogen) atoms. The second-order valence-electron chi connectivity index (χ2n) is 14.4. The van der Waals surface area contributed by atoms with E-state index in [-0.39, 0.29) is 13.6 Å². The van der Waals surface area contributed by atoms with Gasteiger partial charge in [0, 0.05) is 33.9 Å². The Morgan fingerprint density at radius 3 is 1.21 bits per heavy atom. The van der Waals surface area contributed by atoms with Gasteiger partial charge in [-0.05, 0) is 81.5 Å². The molecule has 0 spiro atoms. The highest BCUT2D eigenvalue weighted by Crippen LogP contribution is 2.54. The van der Waals surface area contributed by atoms with Crippen LogP contribution < -0.4 is 41.9 Å². The van der Waals surface area contributed by atoms with Crippen LogP contribution in [0.3, 0.4) is 0 Å². The fourth-order valence-corrected chi connectivity index (χ4v) is 9.76. The van der Waals surface area contributed by atoms with Gasteiger partial charge in [0.2, 0.25) is 6.71 Å². The summed E-state index contributed by atoms with van der Waals surface area (Å²) in [5.41, 5.74) is 21.7. The van der Waals surface area contributed by atoms with Crippen LogP contribution in [0.15, 0.2) is 188 Å². The summed E-state index contributed by atoms with van der Waals surface area (Å²) in [5, 5.41) is 0. The number of rotatable bonds is 3. The van der Waals surface area contributed by atoms with Crippen LogP contribution in [0.1, 0.15) is 0 Å².